The van der Waals surface area contributed by atoms with Crippen LogP contribution in [0.4, 0.5) is 4.39 Å². The maximum atomic E-state index is 13.5. The lowest BCUT2D eigenvalue weighted by atomic mass is 9.91. The maximum absolute atomic E-state index is 13.5. The van der Waals surface area contributed by atoms with Crippen LogP contribution in [0.2, 0.25) is 0 Å². The van der Waals surface area contributed by atoms with Gasteiger partial charge in [0.1, 0.15) is 6.61 Å². The molecule has 88 valence electrons. The van der Waals surface area contributed by atoms with E-state index in [0.717, 1.165) is 0 Å². The Bertz CT molecular complexity index is 236. The lowest BCUT2D eigenvalue weighted by molar-refractivity contribution is -0.130. The van der Waals surface area contributed by atoms with E-state index in [2.05, 4.69) is 0 Å². The predicted molar refractivity (Wildman–Crippen MR) is 55.5 cm³/mol. The molecule has 0 bridgehead atoms. The number of hydrogen-bond acceptors (Lipinski definition) is 3. The summed E-state index contributed by atoms with van der Waals surface area (Å²) in [6.45, 7) is 4.24. The van der Waals surface area contributed by atoms with E-state index >= 15 is 0 Å². The van der Waals surface area contributed by atoms with Crippen molar-refractivity contribution >= 4 is 11.6 Å². The molecule has 0 radical (unpaired) electrons. The summed E-state index contributed by atoms with van der Waals surface area (Å²) in [6, 6.07) is 0. The summed E-state index contributed by atoms with van der Waals surface area (Å²) in [5.74, 6) is -0.815. The molecular formula is C11H19FO3. The van der Waals surface area contributed by atoms with Gasteiger partial charge in [-0.15, -0.1) is 0 Å². The molecule has 0 aliphatic rings. The van der Waals surface area contributed by atoms with Crippen molar-refractivity contribution in [3.8, 4) is 0 Å². The topological polar surface area (TPSA) is 43.4 Å². The zero-order chi connectivity index (χ0) is 12.1. The third-order valence-electron chi connectivity index (χ3n) is 2.62. The van der Waals surface area contributed by atoms with Gasteiger partial charge in [-0.2, -0.15) is 0 Å². The minimum absolute atomic E-state index is 0.0459. The van der Waals surface area contributed by atoms with Crippen molar-refractivity contribution in [2.45, 2.75) is 39.3 Å². The van der Waals surface area contributed by atoms with Crippen molar-refractivity contribution in [3.63, 3.8) is 0 Å². The lowest BCUT2D eigenvalue weighted by Gasteiger charge is -2.18. The van der Waals surface area contributed by atoms with Crippen LogP contribution in [0.1, 0.15) is 33.6 Å². The van der Waals surface area contributed by atoms with Crippen molar-refractivity contribution in [3.05, 3.63) is 0 Å². The number of ether oxygens (including phenoxy) is 1. The summed E-state index contributed by atoms with van der Waals surface area (Å²) in [4.78, 5) is 22.2. The van der Waals surface area contributed by atoms with E-state index in [4.69, 9.17) is 4.74 Å². The molecule has 0 saturated carbocycles. The fourth-order valence-electron chi connectivity index (χ4n) is 1.11. The molecule has 0 amide bonds. The van der Waals surface area contributed by atoms with Crippen molar-refractivity contribution in [1.82, 2.24) is 0 Å². The Kier molecular flexibility index (Phi) is 5.65. The SMILES string of the molecule is COCC(=O)C(C)CCC(C)(F)C(C)=O. The molecule has 0 rings (SSSR count). The highest BCUT2D eigenvalue weighted by Crippen LogP contribution is 2.22. The molecule has 0 aromatic rings. The average Bonchev–Trinajstić information content (AvgIpc) is 2.14. The van der Waals surface area contributed by atoms with Gasteiger partial charge in [0.25, 0.3) is 0 Å². The molecule has 2 atom stereocenters. The third kappa shape index (κ3) is 5.02. The summed E-state index contributed by atoms with van der Waals surface area (Å²) < 4.78 is 18.2. The van der Waals surface area contributed by atoms with Gasteiger partial charge in [-0.05, 0) is 26.7 Å². The Labute approximate surface area is 90.0 Å². The van der Waals surface area contributed by atoms with Gasteiger partial charge < -0.3 is 4.74 Å². The first-order valence-corrected chi connectivity index (χ1v) is 5.03. The van der Waals surface area contributed by atoms with Crippen LogP contribution in [-0.4, -0.2) is 31.0 Å². The molecule has 0 N–H and O–H groups in total. The molecule has 3 nitrogen and oxygen atoms in total. The molecule has 0 aliphatic carbocycles. The maximum Gasteiger partial charge on any atom is 0.166 e. The highest BCUT2D eigenvalue weighted by atomic mass is 19.1. The Morgan fingerprint density at radius 3 is 2.40 bits per heavy atom. The number of carbonyl (C=O) groups is 2. The molecule has 0 aliphatic heterocycles. The van der Waals surface area contributed by atoms with Crippen molar-refractivity contribution in [2.75, 3.05) is 13.7 Å². The van der Waals surface area contributed by atoms with Crippen LogP contribution in [0, 0.1) is 5.92 Å². The van der Waals surface area contributed by atoms with Gasteiger partial charge >= 0.3 is 0 Å². The summed E-state index contributed by atoms with van der Waals surface area (Å²) in [6.07, 6.45) is 0.452. The lowest BCUT2D eigenvalue weighted by Crippen LogP contribution is -2.29. The third-order valence-corrected chi connectivity index (χ3v) is 2.62. The number of ketones is 2. The fraction of sp³-hybridized carbons (Fsp3) is 0.818. The van der Waals surface area contributed by atoms with Gasteiger partial charge in [0.2, 0.25) is 0 Å². The molecule has 15 heavy (non-hydrogen) atoms. The fourth-order valence-corrected chi connectivity index (χ4v) is 1.11. The molecule has 2 unspecified atom stereocenters. The number of rotatable bonds is 7. The number of hydrogen-bond donors (Lipinski definition) is 0. The summed E-state index contributed by atoms with van der Waals surface area (Å²) in [7, 11) is 1.44. The minimum atomic E-state index is -1.82. The molecule has 0 aromatic heterocycles. The van der Waals surface area contributed by atoms with Gasteiger partial charge in [0.05, 0.1) is 0 Å². The van der Waals surface area contributed by atoms with Crippen LogP contribution < -0.4 is 0 Å². The number of halogens is 1. The molecule has 0 saturated heterocycles. The number of alkyl halides is 1. The minimum Gasteiger partial charge on any atom is -0.377 e. The first-order chi connectivity index (χ1) is 6.81. The zero-order valence-corrected chi connectivity index (χ0v) is 9.80. The van der Waals surface area contributed by atoms with Crippen molar-refractivity contribution in [1.29, 1.82) is 0 Å². The van der Waals surface area contributed by atoms with Crippen LogP contribution in [-0.2, 0) is 14.3 Å². The van der Waals surface area contributed by atoms with Crippen LogP contribution in [0.15, 0.2) is 0 Å². The van der Waals surface area contributed by atoms with Gasteiger partial charge in [-0.1, -0.05) is 6.92 Å². The van der Waals surface area contributed by atoms with Crippen LogP contribution in [0.3, 0.4) is 0 Å². The second-order valence-corrected chi connectivity index (χ2v) is 4.09. The van der Waals surface area contributed by atoms with Crippen LogP contribution >= 0.6 is 0 Å². The molecule has 0 spiro atoms. The summed E-state index contributed by atoms with van der Waals surface area (Å²) in [5, 5.41) is 0. The molecular weight excluding hydrogens is 199 g/mol. The number of Topliss-reactive ketones (excluding diaryl/α,β-unsaturated/α-hetero) is 2. The Morgan fingerprint density at radius 2 is 2.00 bits per heavy atom. The molecule has 0 aromatic carbocycles. The quantitative estimate of drug-likeness (QED) is 0.655. The van der Waals surface area contributed by atoms with E-state index in [9.17, 15) is 14.0 Å². The van der Waals surface area contributed by atoms with Crippen LogP contribution in [0.5, 0.6) is 0 Å². The number of methoxy groups -OCH3 is 1. The summed E-state index contributed by atoms with van der Waals surface area (Å²) in [5.41, 5.74) is -1.82. The second-order valence-electron chi connectivity index (χ2n) is 4.09. The Balaban J connectivity index is 4.05. The normalized spacial score (nSPS) is 16.9. The first-order valence-electron chi connectivity index (χ1n) is 5.03. The van der Waals surface area contributed by atoms with Crippen molar-refractivity contribution in [2.24, 2.45) is 5.92 Å². The summed E-state index contributed by atoms with van der Waals surface area (Å²) >= 11 is 0. The van der Waals surface area contributed by atoms with E-state index in [1.165, 1.54) is 21.0 Å². The van der Waals surface area contributed by atoms with E-state index in [0.29, 0.717) is 6.42 Å². The first kappa shape index (κ1) is 14.2. The van der Waals surface area contributed by atoms with Gasteiger partial charge in [0, 0.05) is 13.0 Å². The highest BCUT2D eigenvalue weighted by molar-refractivity contribution is 5.84. The average molecular weight is 218 g/mol. The largest absolute Gasteiger partial charge is 0.377 e. The van der Waals surface area contributed by atoms with Gasteiger partial charge in [-0.25, -0.2) is 4.39 Å². The Morgan fingerprint density at radius 1 is 1.47 bits per heavy atom. The zero-order valence-electron chi connectivity index (χ0n) is 9.80. The second kappa shape index (κ2) is 5.95. The number of carbonyl (C=O) groups excluding carboxylic acids is 2. The molecule has 0 fully saturated rings. The highest BCUT2D eigenvalue weighted by Gasteiger charge is 2.30. The molecule has 0 heterocycles. The monoisotopic (exact) mass is 218 g/mol. The molecule has 4 heteroatoms. The van der Waals surface area contributed by atoms with E-state index < -0.39 is 11.5 Å². The van der Waals surface area contributed by atoms with E-state index in [1.54, 1.807) is 6.92 Å². The van der Waals surface area contributed by atoms with Gasteiger partial charge in [0.15, 0.2) is 17.2 Å². The standard InChI is InChI=1S/C11H19FO3/c1-8(10(14)7-15-4)5-6-11(3,12)9(2)13/h8H,5-7H2,1-4H3. The van der Waals surface area contributed by atoms with Crippen molar-refractivity contribution < 1.29 is 18.7 Å². The predicted octanol–water partition coefficient (Wildman–Crippen LogP) is 1.94. The smallest absolute Gasteiger partial charge is 0.166 e. The van der Waals surface area contributed by atoms with Gasteiger partial charge in [-0.3, -0.25) is 9.59 Å². The Hall–Kier alpha value is -0.770. The van der Waals surface area contributed by atoms with Crippen LogP contribution in [0.25, 0.3) is 0 Å². The van der Waals surface area contributed by atoms with E-state index in [1.807, 2.05) is 0 Å². The van der Waals surface area contributed by atoms with E-state index in [-0.39, 0.29) is 24.7 Å².